The van der Waals surface area contributed by atoms with Crippen LogP contribution in [0.5, 0.6) is 0 Å². The first-order valence-corrected chi connectivity index (χ1v) is 9.90. The standard InChI is InChI=1S/C23H24N2O3/c26-21(15-25-22(27)18-11-5-6-12-19(18)23(25)28)24-20-13-7-4-10-17(20)14-16-8-2-1-3-9-16/h1-4,7-10,13,18-19H,5-6,11-12,14-15H2,(H,24,26)/t18-,19-/m0/s1. The van der Waals surface area contributed by atoms with Crippen LogP contribution in [0.4, 0.5) is 5.69 Å². The molecule has 5 heteroatoms. The molecule has 3 amide bonds. The van der Waals surface area contributed by atoms with Crippen LogP contribution in [0.3, 0.4) is 0 Å². The van der Waals surface area contributed by atoms with Gasteiger partial charge in [0.2, 0.25) is 17.7 Å². The third kappa shape index (κ3) is 3.70. The highest BCUT2D eigenvalue weighted by Gasteiger charge is 2.48. The molecule has 1 saturated carbocycles. The molecule has 0 unspecified atom stereocenters. The van der Waals surface area contributed by atoms with Crippen LogP contribution in [-0.2, 0) is 20.8 Å². The number of nitrogens with one attached hydrogen (secondary N) is 1. The van der Waals surface area contributed by atoms with Gasteiger partial charge in [-0.05, 0) is 36.5 Å². The summed E-state index contributed by atoms with van der Waals surface area (Å²) < 4.78 is 0. The first kappa shape index (κ1) is 18.4. The lowest BCUT2D eigenvalue weighted by atomic mass is 9.81. The Morgan fingerprint density at radius 3 is 2.18 bits per heavy atom. The van der Waals surface area contributed by atoms with E-state index >= 15 is 0 Å². The second-order valence-electron chi connectivity index (χ2n) is 7.63. The summed E-state index contributed by atoms with van der Waals surface area (Å²) in [6, 6.07) is 17.7. The smallest absolute Gasteiger partial charge is 0.244 e. The fourth-order valence-electron chi connectivity index (χ4n) is 4.33. The molecule has 2 atom stereocenters. The van der Waals surface area contributed by atoms with Crippen LogP contribution < -0.4 is 5.32 Å². The maximum Gasteiger partial charge on any atom is 0.244 e. The summed E-state index contributed by atoms with van der Waals surface area (Å²) in [6.45, 7) is -0.204. The van der Waals surface area contributed by atoms with Crippen molar-refractivity contribution in [1.82, 2.24) is 4.90 Å². The number of amides is 3. The second-order valence-corrected chi connectivity index (χ2v) is 7.63. The predicted molar refractivity (Wildman–Crippen MR) is 106 cm³/mol. The van der Waals surface area contributed by atoms with Crippen molar-refractivity contribution in [2.45, 2.75) is 32.1 Å². The Balaban J connectivity index is 1.44. The van der Waals surface area contributed by atoms with E-state index < -0.39 is 0 Å². The number of hydrogen-bond acceptors (Lipinski definition) is 3. The third-order valence-electron chi connectivity index (χ3n) is 5.76. The largest absolute Gasteiger partial charge is 0.324 e. The summed E-state index contributed by atoms with van der Waals surface area (Å²) in [4.78, 5) is 38.9. The van der Waals surface area contributed by atoms with E-state index in [-0.39, 0.29) is 36.1 Å². The molecule has 0 aromatic heterocycles. The Labute approximate surface area is 164 Å². The molecule has 1 heterocycles. The van der Waals surface area contributed by atoms with E-state index in [2.05, 4.69) is 5.32 Å². The Hall–Kier alpha value is -2.95. The quantitative estimate of drug-likeness (QED) is 0.814. The molecule has 5 nitrogen and oxygen atoms in total. The van der Waals surface area contributed by atoms with Crippen LogP contribution in [0.15, 0.2) is 54.6 Å². The number of anilines is 1. The summed E-state index contributed by atoms with van der Waals surface area (Å²) >= 11 is 0. The maximum absolute atomic E-state index is 12.6. The van der Waals surface area contributed by atoms with Gasteiger partial charge in [-0.2, -0.15) is 0 Å². The number of benzene rings is 2. The van der Waals surface area contributed by atoms with Crippen molar-refractivity contribution < 1.29 is 14.4 Å². The van der Waals surface area contributed by atoms with E-state index in [0.717, 1.165) is 41.7 Å². The lowest BCUT2D eigenvalue weighted by Gasteiger charge is -2.19. The molecule has 0 radical (unpaired) electrons. The van der Waals surface area contributed by atoms with Gasteiger partial charge in [-0.1, -0.05) is 61.4 Å². The number of imide groups is 1. The minimum Gasteiger partial charge on any atom is -0.324 e. The maximum atomic E-state index is 12.6. The van der Waals surface area contributed by atoms with Crippen molar-refractivity contribution in [1.29, 1.82) is 0 Å². The minimum absolute atomic E-state index is 0.178. The molecule has 2 aromatic carbocycles. The van der Waals surface area contributed by atoms with E-state index in [1.165, 1.54) is 0 Å². The molecule has 0 bridgehead atoms. The normalized spacial score (nSPS) is 21.5. The van der Waals surface area contributed by atoms with Crippen LogP contribution in [0.1, 0.15) is 36.8 Å². The number of carbonyl (C=O) groups excluding carboxylic acids is 3. The minimum atomic E-state index is -0.333. The highest BCUT2D eigenvalue weighted by Crippen LogP contribution is 2.37. The van der Waals surface area contributed by atoms with Crippen molar-refractivity contribution in [3.63, 3.8) is 0 Å². The zero-order valence-electron chi connectivity index (χ0n) is 15.8. The molecular weight excluding hydrogens is 352 g/mol. The summed E-state index contributed by atoms with van der Waals surface area (Å²) in [5, 5.41) is 2.90. The van der Waals surface area contributed by atoms with Gasteiger partial charge in [-0.25, -0.2) is 0 Å². The molecule has 2 fully saturated rings. The molecule has 1 aliphatic carbocycles. The Bertz CT molecular complexity index is 870. The number of likely N-dealkylation sites (tertiary alicyclic amines) is 1. The summed E-state index contributed by atoms with van der Waals surface area (Å²) in [6.07, 6.45) is 4.17. The number of hydrogen-bond donors (Lipinski definition) is 1. The van der Waals surface area contributed by atoms with Crippen LogP contribution in [0, 0.1) is 11.8 Å². The Morgan fingerprint density at radius 1 is 0.893 bits per heavy atom. The molecule has 1 aliphatic heterocycles. The number of carbonyl (C=O) groups is 3. The molecule has 1 N–H and O–H groups in total. The summed E-state index contributed by atoms with van der Waals surface area (Å²) in [7, 11) is 0. The van der Waals surface area contributed by atoms with Gasteiger partial charge in [0, 0.05) is 5.69 Å². The number of fused-ring (bicyclic) bond motifs is 1. The number of nitrogens with zero attached hydrogens (tertiary/aromatic N) is 1. The van der Waals surface area contributed by atoms with E-state index in [1.807, 2.05) is 54.6 Å². The average molecular weight is 376 g/mol. The zero-order valence-corrected chi connectivity index (χ0v) is 15.8. The van der Waals surface area contributed by atoms with Crippen molar-refractivity contribution in [3.05, 3.63) is 65.7 Å². The van der Waals surface area contributed by atoms with Crippen LogP contribution in [0.2, 0.25) is 0 Å². The van der Waals surface area contributed by atoms with Gasteiger partial charge in [0.1, 0.15) is 6.54 Å². The Morgan fingerprint density at radius 2 is 1.50 bits per heavy atom. The first-order chi connectivity index (χ1) is 13.6. The number of para-hydroxylation sites is 1. The highest BCUT2D eigenvalue weighted by molar-refractivity contribution is 6.08. The van der Waals surface area contributed by atoms with Gasteiger partial charge < -0.3 is 5.32 Å². The lowest BCUT2D eigenvalue weighted by Crippen LogP contribution is -2.38. The van der Waals surface area contributed by atoms with Crippen molar-refractivity contribution in [2.75, 3.05) is 11.9 Å². The summed E-state index contributed by atoms with van der Waals surface area (Å²) in [5.41, 5.74) is 2.86. The van der Waals surface area contributed by atoms with Crippen LogP contribution in [0.25, 0.3) is 0 Å². The molecule has 2 aromatic rings. The van der Waals surface area contributed by atoms with E-state index in [1.54, 1.807) is 0 Å². The Kier molecular flexibility index (Phi) is 5.24. The van der Waals surface area contributed by atoms with Crippen LogP contribution in [-0.4, -0.2) is 29.2 Å². The zero-order chi connectivity index (χ0) is 19.5. The monoisotopic (exact) mass is 376 g/mol. The molecule has 1 saturated heterocycles. The topological polar surface area (TPSA) is 66.5 Å². The lowest BCUT2D eigenvalue weighted by molar-refractivity contribution is -0.142. The fourth-order valence-corrected chi connectivity index (χ4v) is 4.33. The van der Waals surface area contributed by atoms with E-state index in [9.17, 15) is 14.4 Å². The first-order valence-electron chi connectivity index (χ1n) is 9.90. The molecule has 0 spiro atoms. The molecule has 28 heavy (non-hydrogen) atoms. The van der Waals surface area contributed by atoms with Crippen LogP contribution >= 0.6 is 0 Å². The summed E-state index contributed by atoms with van der Waals surface area (Å²) in [5.74, 6) is -1.13. The third-order valence-corrected chi connectivity index (χ3v) is 5.76. The van der Waals surface area contributed by atoms with Gasteiger partial charge >= 0.3 is 0 Å². The predicted octanol–water partition coefficient (Wildman–Crippen LogP) is 3.39. The van der Waals surface area contributed by atoms with Gasteiger partial charge in [0.25, 0.3) is 0 Å². The molecule has 2 aliphatic rings. The molecular formula is C23H24N2O3. The molecule has 144 valence electrons. The van der Waals surface area contributed by atoms with Gasteiger partial charge in [0.05, 0.1) is 11.8 Å². The van der Waals surface area contributed by atoms with Gasteiger partial charge in [0.15, 0.2) is 0 Å². The van der Waals surface area contributed by atoms with Crippen molar-refractivity contribution in [2.24, 2.45) is 11.8 Å². The van der Waals surface area contributed by atoms with Gasteiger partial charge in [-0.3, -0.25) is 19.3 Å². The van der Waals surface area contributed by atoms with E-state index in [0.29, 0.717) is 12.1 Å². The average Bonchev–Trinajstić information content (AvgIpc) is 2.95. The van der Waals surface area contributed by atoms with Gasteiger partial charge in [-0.15, -0.1) is 0 Å². The number of rotatable bonds is 5. The highest BCUT2D eigenvalue weighted by atomic mass is 16.2. The fraction of sp³-hybridized carbons (Fsp3) is 0.348. The van der Waals surface area contributed by atoms with E-state index in [4.69, 9.17) is 0 Å². The second kappa shape index (κ2) is 7.97. The van der Waals surface area contributed by atoms with Crippen molar-refractivity contribution >= 4 is 23.4 Å². The van der Waals surface area contributed by atoms with Crippen molar-refractivity contribution in [3.8, 4) is 0 Å². The SMILES string of the molecule is O=C(CN1C(=O)[C@H]2CCCC[C@@H]2C1=O)Nc1ccccc1Cc1ccccc1. The molecule has 4 rings (SSSR count).